The second-order valence-corrected chi connectivity index (χ2v) is 7.95. The first-order chi connectivity index (χ1) is 12.9. The van der Waals surface area contributed by atoms with Crippen LogP contribution in [0.1, 0.15) is 34.1 Å². The number of thiophene rings is 1. The lowest BCUT2D eigenvalue weighted by Crippen LogP contribution is -2.20. The second-order valence-electron chi connectivity index (χ2n) is 6.43. The molecule has 0 amide bonds. The van der Waals surface area contributed by atoms with Crippen molar-refractivity contribution in [1.29, 1.82) is 0 Å². The smallest absolute Gasteiger partial charge is 0.341 e. The highest BCUT2D eigenvalue weighted by Gasteiger charge is 2.28. The molecule has 1 aromatic heterocycles. The Labute approximate surface area is 165 Å². The molecule has 0 saturated heterocycles. The number of carbonyl (C=O) groups is 1. The molecule has 0 fully saturated rings. The van der Waals surface area contributed by atoms with E-state index in [4.69, 9.17) is 17.0 Å². The van der Waals surface area contributed by atoms with Crippen LogP contribution in [0.2, 0.25) is 0 Å². The normalized spacial score (nSPS) is 15.6. The molecule has 0 spiro atoms. The zero-order valence-electron chi connectivity index (χ0n) is 14.9. The fourth-order valence-electron chi connectivity index (χ4n) is 3.12. The number of benzene rings is 1. The fraction of sp³-hybridized carbons (Fsp3) is 0.333. The van der Waals surface area contributed by atoms with Crippen molar-refractivity contribution >= 4 is 51.0 Å². The van der Waals surface area contributed by atoms with E-state index in [1.165, 1.54) is 35.5 Å². The number of fused-ring (bicyclic) bond motifs is 1. The average Bonchev–Trinajstić information content (AvgIpc) is 2.97. The van der Waals surface area contributed by atoms with Gasteiger partial charge in [0.1, 0.15) is 5.00 Å². The van der Waals surface area contributed by atoms with Crippen LogP contribution in [0.15, 0.2) is 24.3 Å². The third kappa shape index (κ3) is 4.25. The molecule has 0 saturated carbocycles. The number of anilines is 2. The summed E-state index contributed by atoms with van der Waals surface area (Å²) in [6.45, 7) is 2.20. The first-order valence-electron chi connectivity index (χ1n) is 8.44. The van der Waals surface area contributed by atoms with Crippen LogP contribution in [-0.2, 0) is 17.6 Å². The molecule has 1 unspecified atom stereocenters. The summed E-state index contributed by atoms with van der Waals surface area (Å²) in [5, 5.41) is 17.8. The molecule has 1 aliphatic carbocycles. The second kappa shape index (κ2) is 8.01. The van der Waals surface area contributed by atoms with E-state index in [0.717, 1.165) is 24.8 Å². The Balaban J connectivity index is 1.82. The molecule has 2 N–H and O–H groups in total. The van der Waals surface area contributed by atoms with Gasteiger partial charge in [-0.1, -0.05) is 13.0 Å². The fourth-order valence-corrected chi connectivity index (χ4v) is 4.81. The number of nitro benzene ring substituents is 1. The van der Waals surface area contributed by atoms with E-state index < -0.39 is 4.92 Å². The van der Waals surface area contributed by atoms with Crippen molar-refractivity contribution in [2.75, 3.05) is 17.7 Å². The molecule has 9 heteroatoms. The quantitative estimate of drug-likeness (QED) is 0.337. The Morgan fingerprint density at radius 3 is 2.89 bits per heavy atom. The van der Waals surface area contributed by atoms with Crippen molar-refractivity contribution in [2.45, 2.75) is 26.2 Å². The Morgan fingerprint density at radius 2 is 2.19 bits per heavy atom. The first kappa shape index (κ1) is 19.2. The van der Waals surface area contributed by atoms with Gasteiger partial charge in [-0.15, -0.1) is 11.3 Å². The number of nitrogens with one attached hydrogen (secondary N) is 2. The zero-order chi connectivity index (χ0) is 19.6. The maximum absolute atomic E-state index is 12.3. The van der Waals surface area contributed by atoms with Crippen molar-refractivity contribution in [1.82, 2.24) is 0 Å². The van der Waals surface area contributed by atoms with Crippen LogP contribution in [0.25, 0.3) is 0 Å². The molecule has 1 heterocycles. The molecule has 27 heavy (non-hydrogen) atoms. The average molecular weight is 406 g/mol. The molecule has 0 aliphatic heterocycles. The van der Waals surface area contributed by atoms with E-state index in [1.54, 1.807) is 12.1 Å². The zero-order valence-corrected chi connectivity index (χ0v) is 16.5. The predicted octanol–water partition coefficient (Wildman–Crippen LogP) is 4.38. The van der Waals surface area contributed by atoms with E-state index in [0.29, 0.717) is 22.2 Å². The molecule has 1 aromatic carbocycles. The summed E-state index contributed by atoms with van der Waals surface area (Å²) in [7, 11) is 1.36. The predicted molar refractivity (Wildman–Crippen MR) is 110 cm³/mol. The van der Waals surface area contributed by atoms with Gasteiger partial charge in [0.2, 0.25) is 0 Å². The van der Waals surface area contributed by atoms with E-state index in [-0.39, 0.29) is 16.8 Å². The minimum atomic E-state index is -0.467. The standard InChI is InChI=1S/C18H19N3O4S2/c1-10-6-7-13-14(8-10)27-16(15(13)17(22)25-2)20-18(26)19-11-4-3-5-12(9-11)21(23)24/h3-5,9-10H,6-8H2,1-2H3,(H2,19,20,26). The molecule has 0 radical (unpaired) electrons. The summed E-state index contributed by atoms with van der Waals surface area (Å²) in [5.41, 5.74) is 2.04. The van der Waals surface area contributed by atoms with Gasteiger partial charge >= 0.3 is 5.97 Å². The summed E-state index contributed by atoms with van der Waals surface area (Å²) >= 11 is 6.84. The van der Waals surface area contributed by atoms with Crippen LogP contribution in [0.3, 0.4) is 0 Å². The monoisotopic (exact) mass is 405 g/mol. The van der Waals surface area contributed by atoms with Crippen molar-refractivity contribution in [3.8, 4) is 0 Å². The number of esters is 1. The van der Waals surface area contributed by atoms with E-state index in [2.05, 4.69) is 17.6 Å². The summed E-state index contributed by atoms with van der Waals surface area (Å²) < 4.78 is 4.96. The van der Waals surface area contributed by atoms with Gasteiger partial charge in [0.25, 0.3) is 5.69 Å². The molecular formula is C18H19N3O4S2. The largest absolute Gasteiger partial charge is 0.465 e. The summed E-state index contributed by atoms with van der Waals surface area (Å²) in [4.78, 5) is 23.9. The van der Waals surface area contributed by atoms with Crippen LogP contribution >= 0.6 is 23.6 Å². The van der Waals surface area contributed by atoms with Gasteiger partial charge in [0.15, 0.2) is 5.11 Å². The molecule has 2 aromatic rings. The summed E-state index contributed by atoms with van der Waals surface area (Å²) in [6.07, 6.45) is 2.80. The van der Waals surface area contributed by atoms with Crippen molar-refractivity contribution < 1.29 is 14.5 Å². The number of rotatable bonds is 4. The number of hydrogen-bond donors (Lipinski definition) is 2. The number of carbonyl (C=O) groups excluding carboxylic acids is 1. The highest BCUT2D eigenvalue weighted by Crippen LogP contribution is 2.40. The highest BCUT2D eigenvalue weighted by atomic mass is 32.1. The molecule has 7 nitrogen and oxygen atoms in total. The van der Waals surface area contributed by atoms with E-state index in [1.807, 2.05) is 0 Å². The number of hydrogen-bond acceptors (Lipinski definition) is 6. The van der Waals surface area contributed by atoms with Crippen molar-refractivity contribution in [2.24, 2.45) is 5.92 Å². The topological polar surface area (TPSA) is 93.5 Å². The van der Waals surface area contributed by atoms with Crippen LogP contribution in [0.4, 0.5) is 16.4 Å². The lowest BCUT2D eigenvalue weighted by atomic mass is 9.88. The van der Waals surface area contributed by atoms with Crippen molar-refractivity contribution in [3.05, 3.63) is 50.4 Å². The number of nitro groups is 1. The number of methoxy groups -OCH3 is 1. The Morgan fingerprint density at radius 1 is 1.41 bits per heavy atom. The van der Waals surface area contributed by atoms with Gasteiger partial charge in [0.05, 0.1) is 17.6 Å². The molecule has 3 rings (SSSR count). The lowest BCUT2D eigenvalue weighted by molar-refractivity contribution is -0.384. The third-order valence-electron chi connectivity index (χ3n) is 4.44. The highest BCUT2D eigenvalue weighted by molar-refractivity contribution is 7.80. The molecule has 1 aliphatic rings. The van der Waals surface area contributed by atoms with E-state index >= 15 is 0 Å². The SMILES string of the molecule is COC(=O)c1c(NC(=S)Nc2cccc([N+](=O)[O-])c2)sc2c1CCC(C)C2. The van der Waals surface area contributed by atoms with Gasteiger partial charge < -0.3 is 15.4 Å². The Bertz CT molecular complexity index is 910. The number of ether oxygens (including phenoxy) is 1. The summed E-state index contributed by atoms with van der Waals surface area (Å²) in [5.74, 6) is 0.187. The molecule has 0 bridgehead atoms. The van der Waals surface area contributed by atoms with Crippen LogP contribution in [-0.4, -0.2) is 23.1 Å². The third-order valence-corrected chi connectivity index (χ3v) is 5.82. The number of nitrogens with zero attached hydrogens (tertiary/aromatic N) is 1. The van der Waals surface area contributed by atoms with Gasteiger partial charge in [-0.2, -0.15) is 0 Å². The summed E-state index contributed by atoms with van der Waals surface area (Å²) in [6, 6.07) is 6.07. The van der Waals surface area contributed by atoms with Crippen LogP contribution < -0.4 is 10.6 Å². The van der Waals surface area contributed by atoms with Gasteiger partial charge in [-0.3, -0.25) is 10.1 Å². The maximum atomic E-state index is 12.3. The molecular weight excluding hydrogens is 386 g/mol. The first-order valence-corrected chi connectivity index (χ1v) is 9.66. The molecule has 1 atom stereocenters. The number of non-ortho nitro benzene ring substituents is 1. The van der Waals surface area contributed by atoms with Gasteiger partial charge in [-0.25, -0.2) is 4.79 Å². The van der Waals surface area contributed by atoms with Crippen LogP contribution in [0, 0.1) is 16.0 Å². The van der Waals surface area contributed by atoms with Crippen molar-refractivity contribution in [3.63, 3.8) is 0 Å². The van der Waals surface area contributed by atoms with Gasteiger partial charge in [0, 0.05) is 22.7 Å². The minimum absolute atomic E-state index is 0.0291. The van der Waals surface area contributed by atoms with Crippen LogP contribution in [0.5, 0.6) is 0 Å². The minimum Gasteiger partial charge on any atom is -0.465 e. The number of thiocarbonyl (C=S) groups is 1. The van der Waals surface area contributed by atoms with E-state index in [9.17, 15) is 14.9 Å². The molecule has 142 valence electrons. The van der Waals surface area contributed by atoms with Gasteiger partial charge in [-0.05, 0) is 49.0 Å². The maximum Gasteiger partial charge on any atom is 0.341 e. The Kier molecular flexibility index (Phi) is 5.71. The lowest BCUT2D eigenvalue weighted by Gasteiger charge is -2.18. The Hall–Kier alpha value is -2.52.